The van der Waals surface area contributed by atoms with Crippen molar-refractivity contribution in [3.05, 3.63) is 46.2 Å². The molecule has 0 saturated heterocycles. The van der Waals surface area contributed by atoms with E-state index in [1.807, 2.05) is 18.2 Å². The number of hydrogen-bond acceptors (Lipinski definition) is 5. The third-order valence-electron chi connectivity index (χ3n) is 2.00. The molecule has 4 nitrogen and oxygen atoms in total. The maximum absolute atomic E-state index is 11.2. The van der Waals surface area contributed by atoms with Gasteiger partial charge >= 0.3 is 5.97 Å². The highest BCUT2D eigenvalue weighted by Gasteiger charge is 2.11. The van der Waals surface area contributed by atoms with Gasteiger partial charge in [-0.3, -0.25) is 4.98 Å². The minimum absolute atomic E-state index is 0.383. The Bertz CT molecular complexity index is 482. The van der Waals surface area contributed by atoms with Crippen LogP contribution in [0.2, 0.25) is 0 Å². The topological polar surface area (TPSA) is 52.1 Å². The number of methoxy groups -OCH3 is 1. The first-order chi connectivity index (χ1) is 7.79. The minimum atomic E-state index is -0.391. The molecule has 0 radical (unpaired) electrons. The van der Waals surface area contributed by atoms with Gasteiger partial charge in [0, 0.05) is 29.4 Å². The zero-order chi connectivity index (χ0) is 11.4. The predicted octanol–water partition coefficient (Wildman–Crippen LogP) is 1.92. The summed E-state index contributed by atoms with van der Waals surface area (Å²) < 4.78 is 4.59. The van der Waals surface area contributed by atoms with Crippen LogP contribution in [0.15, 0.2) is 30.6 Å². The summed E-state index contributed by atoms with van der Waals surface area (Å²) in [4.78, 5) is 20.4. The van der Waals surface area contributed by atoms with Gasteiger partial charge in [0.2, 0.25) is 5.01 Å². The molecule has 5 heteroatoms. The molecular weight excluding hydrogens is 224 g/mol. The summed E-state index contributed by atoms with van der Waals surface area (Å²) >= 11 is 1.33. The molecule has 0 bridgehead atoms. The Balaban J connectivity index is 2.12. The van der Waals surface area contributed by atoms with Gasteiger partial charge in [-0.05, 0) is 12.1 Å². The molecule has 0 fully saturated rings. The fourth-order valence-electron chi connectivity index (χ4n) is 1.25. The van der Waals surface area contributed by atoms with Crippen LogP contribution in [0.4, 0.5) is 0 Å². The van der Waals surface area contributed by atoms with Crippen molar-refractivity contribution in [2.75, 3.05) is 7.11 Å². The van der Waals surface area contributed by atoms with Crippen molar-refractivity contribution >= 4 is 17.3 Å². The number of hydrogen-bond donors (Lipinski definition) is 0. The number of ether oxygens (including phenoxy) is 1. The quantitative estimate of drug-likeness (QED) is 0.761. The normalized spacial score (nSPS) is 10.1. The number of pyridine rings is 1. The highest BCUT2D eigenvalue weighted by atomic mass is 32.1. The molecule has 2 aromatic rings. The molecule has 2 heterocycles. The molecule has 0 atom stereocenters. The highest BCUT2D eigenvalue weighted by Crippen LogP contribution is 2.16. The van der Waals surface area contributed by atoms with Crippen molar-refractivity contribution in [1.82, 2.24) is 9.97 Å². The molecule has 16 heavy (non-hydrogen) atoms. The number of esters is 1. The average molecular weight is 234 g/mol. The van der Waals surface area contributed by atoms with Crippen LogP contribution in [0.1, 0.15) is 20.4 Å². The van der Waals surface area contributed by atoms with E-state index in [4.69, 9.17) is 0 Å². The Morgan fingerprint density at radius 2 is 2.31 bits per heavy atom. The molecule has 0 N–H and O–H groups in total. The molecule has 0 aliphatic heterocycles. The van der Waals surface area contributed by atoms with Crippen molar-refractivity contribution in [1.29, 1.82) is 0 Å². The van der Waals surface area contributed by atoms with Crippen molar-refractivity contribution in [2.45, 2.75) is 6.42 Å². The highest BCUT2D eigenvalue weighted by molar-refractivity contribution is 7.13. The first-order valence-corrected chi connectivity index (χ1v) is 5.54. The molecular formula is C11H10N2O2S. The van der Waals surface area contributed by atoms with Crippen LogP contribution >= 0.6 is 11.3 Å². The zero-order valence-corrected chi connectivity index (χ0v) is 9.53. The monoisotopic (exact) mass is 234 g/mol. The fourth-order valence-corrected chi connectivity index (χ4v) is 2.10. The van der Waals surface area contributed by atoms with Crippen molar-refractivity contribution in [3.8, 4) is 0 Å². The van der Waals surface area contributed by atoms with Gasteiger partial charge in [0.05, 0.1) is 7.11 Å². The number of aromatic nitrogens is 2. The summed E-state index contributed by atoms with van der Waals surface area (Å²) in [5.41, 5.74) is 0.961. The predicted molar refractivity (Wildman–Crippen MR) is 60.5 cm³/mol. The Hall–Kier alpha value is -1.75. The smallest absolute Gasteiger partial charge is 0.367 e. The van der Waals surface area contributed by atoms with Crippen LogP contribution in [0.3, 0.4) is 0 Å². The summed E-state index contributed by atoms with van der Waals surface area (Å²) in [6.07, 6.45) is 4.12. The lowest BCUT2D eigenvalue weighted by Crippen LogP contribution is -1.99. The molecule has 0 spiro atoms. The number of rotatable bonds is 3. The van der Waals surface area contributed by atoms with E-state index >= 15 is 0 Å². The van der Waals surface area contributed by atoms with Crippen LogP contribution in [0.25, 0.3) is 0 Å². The second kappa shape index (κ2) is 4.85. The van der Waals surface area contributed by atoms with Gasteiger partial charge in [-0.2, -0.15) is 0 Å². The molecule has 2 aromatic heterocycles. The van der Waals surface area contributed by atoms with E-state index in [0.717, 1.165) is 10.6 Å². The van der Waals surface area contributed by atoms with Crippen LogP contribution in [0.5, 0.6) is 0 Å². The SMILES string of the molecule is COC(=O)c1ncc(Cc2ccccn2)s1. The van der Waals surface area contributed by atoms with Gasteiger partial charge < -0.3 is 4.74 Å². The van der Waals surface area contributed by atoms with Crippen molar-refractivity contribution < 1.29 is 9.53 Å². The molecule has 0 amide bonds. The molecule has 0 unspecified atom stereocenters. The number of carbonyl (C=O) groups is 1. The molecule has 82 valence electrons. The van der Waals surface area contributed by atoms with Crippen molar-refractivity contribution in [3.63, 3.8) is 0 Å². The lowest BCUT2D eigenvalue weighted by Gasteiger charge is -1.95. The van der Waals surface area contributed by atoms with Gasteiger partial charge in [-0.15, -0.1) is 11.3 Å². The maximum Gasteiger partial charge on any atom is 0.367 e. The van der Waals surface area contributed by atoms with Gasteiger partial charge in [0.25, 0.3) is 0 Å². The lowest BCUT2D eigenvalue weighted by atomic mass is 10.2. The molecule has 0 saturated carbocycles. The van der Waals surface area contributed by atoms with Gasteiger partial charge in [-0.1, -0.05) is 6.07 Å². The van der Waals surface area contributed by atoms with E-state index in [2.05, 4.69) is 14.7 Å². The van der Waals surface area contributed by atoms with Crippen molar-refractivity contribution in [2.24, 2.45) is 0 Å². The summed E-state index contributed by atoms with van der Waals surface area (Å²) in [5.74, 6) is -0.391. The Labute approximate surface area is 96.9 Å². The van der Waals surface area contributed by atoms with Gasteiger partial charge in [0.1, 0.15) is 0 Å². The molecule has 0 aromatic carbocycles. The minimum Gasteiger partial charge on any atom is -0.464 e. The summed E-state index contributed by atoms with van der Waals surface area (Å²) in [6.45, 7) is 0. The van der Waals surface area contributed by atoms with Crippen LogP contribution in [-0.4, -0.2) is 23.0 Å². The standard InChI is InChI=1S/C11H10N2O2S/c1-15-11(14)10-13-7-9(16-10)6-8-4-2-3-5-12-8/h2-5,7H,6H2,1H3. The second-order valence-corrected chi connectivity index (χ2v) is 4.24. The first-order valence-electron chi connectivity index (χ1n) is 4.72. The largest absolute Gasteiger partial charge is 0.464 e. The number of thiazole rings is 1. The fraction of sp³-hybridized carbons (Fsp3) is 0.182. The Kier molecular flexibility index (Phi) is 3.26. The second-order valence-electron chi connectivity index (χ2n) is 3.12. The number of nitrogens with zero attached hydrogens (tertiary/aromatic N) is 2. The Morgan fingerprint density at radius 3 is 3.00 bits per heavy atom. The van der Waals surface area contributed by atoms with E-state index < -0.39 is 5.97 Å². The zero-order valence-electron chi connectivity index (χ0n) is 8.71. The van der Waals surface area contributed by atoms with E-state index in [1.54, 1.807) is 12.4 Å². The first kappa shape index (κ1) is 10.8. The van der Waals surface area contributed by atoms with Gasteiger partial charge in [0.15, 0.2) is 0 Å². The van der Waals surface area contributed by atoms with E-state index in [1.165, 1.54) is 18.4 Å². The molecule has 2 rings (SSSR count). The van der Waals surface area contributed by atoms with Crippen LogP contribution < -0.4 is 0 Å². The van der Waals surface area contributed by atoms with Crippen LogP contribution in [0, 0.1) is 0 Å². The van der Waals surface area contributed by atoms with E-state index in [9.17, 15) is 4.79 Å². The van der Waals surface area contributed by atoms with Crippen LogP contribution in [-0.2, 0) is 11.2 Å². The maximum atomic E-state index is 11.2. The Morgan fingerprint density at radius 1 is 1.44 bits per heavy atom. The summed E-state index contributed by atoms with van der Waals surface area (Å²) in [6, 6.07) is 5.75. The lowest BCUT2D eigenvalue weighted by molar-refractivity contribution is 0.0600. The summed E-state index contributed by atoms with van der Waals surface area (Å²) in [7, 11) is 1.35. The number of carbonyl (C=O) groups excluding carboxylic acids is 1. The molecule has 0 aliphatic rings. The van der Waals surface area contributed by atoms with E-state index in [-0.39, 0.29) is 0 Å². The van der Waals surface area contributed by atoms with Gasteiger partial charge in [-0.25, -0.2) is 9.78 Å². The average Bonchev–Trinajstić information content (AvgIpc) is 2.78. The van der Waals surface area contributed by atoms with E-state index in [0.29, 0.717) is 11.4 Å². The molecule has 0 aliphatic carbocycles. The third-order valence-corrected chi connectivity index (χ3v) is 2.97. The third kappa shape index (κ3) is 2.43. The summed E-state index contributed by atoms with van der Waals surface area (Å²) in [5, 5.41) is 0.383.